The molecule has 0 spiro atoms. The van der Waals surface area contributed by atoms with Crippen LogP contribution < -0.4 is 4.74 Å². The van der Waals surface area contributed by atoms with Crippen molar-refractivity contribution in [2.45, 2.75) is 64.1 Å². The third-order valence-electron chi connectivity index (χ3n) is 5.08. The third kappa shape index (κ3) is 5.31. The molecule has 1 aliphatic carbocycles. The zero-order valence-electron chi connectivity index (χ0n) is 15.5. The fourth-order valence-electron chi connectivity index (χ4n) is 3.54. The number of hydrogen-bond donors (Lipinski definition) is 0. The van der Waals surface area contributed by atoms with Gasteiger partial charge in [0.2, 0.25) is 0 Å². The number of ether oxygens (including phenoxy) is 2. The molecule has 1 aromatic heterocycles. The largest absolute Gasteiger partial charge is 0.493 e. The van der Waals surface area contributed by atoms with Gasteiger partial charge in [-0.05, 0) is 77.7 Å². The van der Waals surface area contributed by atoms with Gasteiger partial charge in [-0.1, -0.05) is 31.5 Å². The standard InChI is InChI=1S/C22H28BrNO2/c1-2-3-15-25-22-9-5-4-7-19(22)17-10-12-18(13-11-17)26-16-21-20(23)8-6-14-24-21/h4-9,14,17-18H,2-3,10-13,15-16H2,1H3. The topological polar surface area (TPSA) is 31.4 Å². The molecule has 0 N–H and O–H groups in total. The number of hydrogen-bond acceptors (Lipinski definition) is 3. The minimum Gasteiger partial charge on any atom is -0.493 e. The lowest BCUT2D eigenvalue weighted by Gasteiger charge is -2.29. The second-order valence-electron chi connectivity index (χ2n) is 6.96. The zero-order valence-corrected chi connectivity index (χ0v) is 17.1. The van der Waals surface area contributed by atoms with Crippen LogP contribution >= 0.6 is 15.9 Å². The summed E-state index contributed by atoms with van der Waals surface area (Å²) in [4.78, 5) is 4.38. The van der Waals surface area contributed by atoms with E-state index in [0.717, 1.165) is 61.0 Å². The van der Waals surface area contributed by atoms with E-state index in [2.05, 4.69) is 52.1 Å². The number of aromatic nitrogens is 1. The van der Waals surface area contributed by atoms with Crippen molar-refractivity contribution >= 4 is 15.9 Å². The van der Waals surface area contributed by atoms with Gasteiger partial charge in [0.1, 0.15) is 5.75 Å². The van der Waals surface area contributed by atoms with Crippen molar-refractivity contribution < 1.29 is 9.47 Å². The first-order valence-electron chi connectivity index (χ1n) is 9.70. The van der Waals surface area contributed by atoms with Gasteiger partial charge in [-0.2, -0.15) is 0 Å². The predicted molar refractivity (Wildman–Crippen MR) is 109 cm³/mol. The van der Waals surface area contributed by atoms with Crippen LogP contribution in [0.4, 0.5) is 0 Å². The Bertz CT molecular complexity index is 683. The van der Waals surface area contributed by atoms with Crippen molar-refractivity contribution in [1.29, 1.82) is 0 Å². The van der Waals surface area contributed by atoms with Crippen LogP contribution in [0.25, 0.3) is 0 Å². The highest BCUT2D eigenvalue weighted by Gasteiger charge is 2.25. The van der Waals surface area contributed by atoms with Gasteiger partial charge in [-0.3, -0.25) is 4.98 Å². The van der Waals surface area contributed by atoms with E-state index in [1.54, 1.807) is 0 Å². The monoisotopic (exact) mass is 417 g/mol. The van der Waals surface area contributed by atoms with Crippen LogP contribution in [-0.2, 0) is 11.3 Å². The highest BCUT2D eigenvalue weighted by atomic mass is 79.9. The van der Waals surface area contributed by atoms with E-state index in [1.807, 2.05) is 18.3 Å². The number of unbranched alkanes of at least 4 members (excludes halogenated alkanes) is 1. The Morgan fingerprint density at radius 3 is 2.65 bits per heavy atom. The molecule has 0 aliphatic heterocycles. The third-order valence-corrected chi connectivity index (χ3v) is 5.80. The summed E-state index contributed by atoms with van der Waals surface area (Å²) in [6, 6.07) is 12.5. The van der Waals surface area contributed by atoms with E-state index < -0.39 is 0 Å². The first-order valence-corrected chi connectivity index (χ1v) is 10.5. The van der Waals surface area contributed by atoms with Crippen molar-refractivity contribution in [3.8, 4) is 5.75 Å². The fourth-order valence-corrected chi connectivity index (χ4v) is 3.91. The maximum atomic E-state index is 6.12. The zero-order chi connectivity index (χ0) is 18.2. The normalized spacial score (nSPS) is 20.1. The van der Waals surface area contributed by atoms with Crippen LogP contribution in [0.3, 0.4) is 0 Å². The maximum absolute atomic E-state index is 6.12. The van der Waals surface area contributed by atoms with Gasteiger partial charge in [0, 0.05) is 10.7 Å². The molecule has 0 atom stereocenters. The summed E-state index contributed by atoms with van der Waals surface area (Å²) in [5.41, 5.74) is 2.35. The molecule has 4 heteroatoms. The SMILES string of the molecule is CCCCOc1ccccc1C1CCC(OCc2ncccc2Br)CC1. The Labute approximate surface area is 165 Å². The van der Waals surface area contributed by atoms with Crippen LogP contribution in [0.1, 0.15) is 62.6 Å². The lowest BCUT2D eigenvalue weighted by atomic mass is 9.82. The van der Waals surface area contributed by atoms with Crippen molar-refractivity contribution in [3.63, 3.8) is 0 Å². The number of halogens is 1. The Kier molecular flexibility index (Phi) is 7.51. The van der Waals surface area contributed by atoms with E-state index in [1.165, 1.54) is 5.56 Å². The van der Waals surface area contributed by atoms with Gasteiger partial charge in [-0.25, -0.2) is 0 Å². The molecule has 140 valence electrons. The van der Waals surface area contributed by atoms with Gasteiger partial charge in [-0.15, -0.1) is 0 Å². The molecule has 1 heterocycles. The molecule has 0 amide bonds. The number of rotatable bonds is 8. The summed E-state index contributed by atoms with van der Waals surface area (Å²) < 4.78 is 13.2. The van der Waals surface area contributed by atoms with Crippen LogP contribution in [-0.4, -0.2) is 17.7 Å². The molecular formula is C22H28BrNO2. The molecule has 1 saturated carbocycles. The molecule has 2 aromatic rings. The fraction of sp³-hybridized carbons (Fsp3) is 0.500. The summed E-state index contributed by atoms with van der Waals surface area (Å²) in [5, 5.41) is 0. The molecule has 3 rings (SSSR count). The minimum atomic E-state index is 0.327. The van der Waals surface area contributed by atoms with E-state index in [0.29, 0.717) is 18.6 Å². The molecule has 0 saturated heterocycles. The highest BCUT2D eigenvalue weighted by Crippen LogP contribution is 2.38. The average molecular weight is 418 g/mol. The van der Waals surface area contributed by atoms with Gasteiger partial charge >= 0.3 is 0 Å². The summed E-state index contributed by atoms with van der Waals surface area (Å²) in [6.07, 6.45) is 8.92. The summed E-state index contributed by atoms with van der Waals surface area (Å²) >= 11 is 3.54. The van der Waals surface area contributed by atoms with E-state index >= 15 is 0 Å². The van der Waals surface area contributed by atoms with Crippen LogP contribution in [0.2, 0.25) is 0 Å². The second-order valence-corrected chi connectivity index (χ2v) is 7.81. The van der Waals surface area contributed by atoms with Crippen molar-refractivity contribution in [3.05, 3.63) is 58.3 Å². The summed E-state index contributed by atoms with van der Waals surface area (Å²) in [7, 11) is 0. The average Bonchev–Trinajstić information content (AvgIpc) is 2.68. The molecule has 1 aromatic carbocycles. The molecule has 0 bridgehead atoms. The molecule has 1 aliphatic rings. The Balaban J connectivity index is 1.51. The number of pyridine rings is 1. The van der Waals surface area contributed by atoms with Crippen LogP contribution in [0.15, 0.2) is 47.1 Å². The van der Waals surface area contributed by atoms with E-state index in [4.69, 9.17) is 9.47 Å². The molecule has 1 fully saturated rings. The summed E-state index contributed by atoms with van der Waals surface area (Å²) in [5.74, 6) is 1.65. The van der Waals surface area contributed by atoms with E-state index in [-0.39, 0.29) is 0 Å². The first-order chi connectivity index (χ1) is 12.8. The Morgan fingerprint density at radius 2 is 1.88 bits per heavy atom. The van der Waals surface area contributed by atoms with Crippen molar-refractivity contribution in [2.24, 2.45) is 0 Å². The first kappa shape index (κ1) is 19.4. The van der Waals surface area contributed by atoms with Gasteiger partial charge in [0.25, 0.3) is 0 Å². The number of nitrogens with zero attached hydrogens (tertiary/aromatic N) is 1. The highest BCUT2D eigenvalue weighted by molar-refractivity contribution is 9.10. The molecular weight excluding hydrogens is 390 g/mol. The second kappa shape index (κ2) is 10.1. The molecule has 0 unspecified atom stereocenters. The smallest absolute Gasteiger partial charge is 0.122 e. The molecule has 0 radical (unpaired) electrons. The van der Waals surface area contributed by atoms with E-state index in [9.17, 15) is 0 Å². The number of para-hydroxylation sites is 1. The predicted octanol–water partition coefficient (Wildman–Crippen LogP) is 6.27. The van der Waals surface area contributed by atoms with Gasteiger partial charge in [0.15, 0.2) is 0 Å². The minimum absolute atomic E-state index is 0.327. The summed E-state index contributed by atoms with van der Waals surface area (Å²) in [6.45, 7) is 3.58. The van der Waals surface area contributed by atoms with Crippen LogP contribution in [0.5, 0.6) is 5.75 Å². The van der Waals surface area contributed by atoms with Gasteiger partial charge in [0.05, 0.1) is 25.0 Å². The lowest BCUT2D eigenvalue weighted by molar-refractivity contribution is 0.0113. The van der Waals surface area contributed by atoms with Crippen LogP contribution in [0, 0.1) is 0 Å². The maximum Gasteiger partial charge on any atom is 0.122 e. The van der Waals surface area contributed by atoms with Gasteiger partial charge < -0.3 is 9.47 Å². The molecule has 3 nitrogen and oxygen atoms in total. The Morgan fingerprint density at radius 1 is 1.08 bits per heavy atom. The lowest BCUT2D eigenvalue weighted by Crippen LogP contribution is -2.21. The number of benzene rings is 1. The van der Waals surface area contributed by atoms with Crippen molar-refractivity contribution in [2.75, 3.05) is 6.61 Å². The van der Waals surface area contributed by atoms with Crippen molar-refractivity contribution in [1.82, 2.24) is 4.98 Å². The molecule has 26 heavy (non-hydrogen) atoms. The Hall–Kier alpha value is -1.39. The quantitative estimate of drug-likeness (QED) is 0.474.